The Kier molecular flexibility index (Phi) is 2.98. The first-order chi connectivity index (χ1) is 8.91. The molecule has 19 heavy (non-hydrogen) atoms. The highest BCUT2D eigenvalue weighted by molar-refractivity contribution is 5.75. The lowest BCUT2D eigenvalue weighted by Crippen LogP contribution is -2.37. The minimum absolute atomic E-state index is 0.0812. The van der Waals surface area contributed by atoms with Gasteiger partial charge in [-0.05, 0) is 24.7 Å². The summed E-state index contributed by atoms with van der Waals surface area (Å²) < 4.78 is 5.56. The Morgan fingerprint density at radius 3 is 2.58 bits per heavy atom. The van der Waals surface area contributed by atoms with Crippen molar-refractivity contribution in [2.75, 3.05) is 0 Å². The van der Waals surface area contributed by atoms with Gasteiger partial charge in [-0.2, -0.15) is 0 Å². The Balaban J connectivity index is 2.00. The summed E-state index contributed by atoms with van der Waals surface area (Å²) in [5.41, 5.74) is 0.999. The molecule has 3 fully saturated rings. The van der Waals surface area contributed by atoms with Crippen molar-refractivity contribution in [3.8, 4) is 0 Å². The minimum Gasteiger partial charge on any atom is -0.461 e. The molecule has 0 bridgehead atoms. The van der Waals surface area contributed by atoms with Crippen LogP contribution in [-0.4, -0.2) is 34.5 Å². The van der Waals surface area contributed by atoms with Crippen molar-refractivity contribution in [2.45, 2.75) is 45.0 Å². The van der Waals surface area contributed by atoms with Gasteiger partial charge in [0.2, 0.25) is 0 Å². The summed E-state index contributed by atoms with van der Waals surface area (Å²) in [7, 11) is 0. The van der Waals surface area contributed by atoms with Crippen LogP contribution in [-0.2, 0) is 9.53 Å². The molecule has 1 heterocycles. The number of hydrogen-bond acceptors (Lipinski definition) is 4. The molecule has 8 atom stereocenters. The molecular weight excluding hydrogens is 244 g/mol. The van der Waals surface area contributed by atoms with Gasteiger partial charge in [-0.1, -0.05) is 26.0 Å². The summed E-state index contributed by atoms with van der Waals surface area (Å²) in [5, 5.41) is 20.5. The fraction of sp³-hybridized carbons (Fsp3) is 0.800. The molecule has 3 rings (SSSR count). The zero-order chi connectivity index (χ0) is 13.9. The Labute approximate surface area is 113 Å². The normalized spacial score (nSPS) is 53.5. The van der Waals surface area contributed by atoms with Crippen molar-refractivity contribution < 1.29 is 19.7 Å². The van der Waals surface area contributed by atoms with Crippen LogP contribution in [0.15, 0.2) is 12.2 Å². The number of carbonyl (C=O) groups excluding carboxylic acids is 1. The van der Waals surface area contributed by atoms with Crippen LogP contribution in [0.2, 0.25) is 0 Å². The minimum atomic E-state index is -0.561. The summed E-state index contributed by atoms with van der Waals surface area (Å²) in [6.45, 7) is 7.93. The van der Waals surface area contributed by atoms with Gasteiger partial charge in [0.05, 0.1) is 18.1 Å². The molecule has 0 aromatic heterocycles. The van der Waals surface area contributed by atoms with E-state index in [0.717, 1.165) is 5.57 Å². The SMILES string of the molecule is C=C1C[C@@H](O)[C@@H]2[C@H](OC(=O)[C@@H]2C)[C@H]2[C@@H](C)[C@@H](O)C[C@@H]12. The van der Waals surface area contributed by atoms with Crippen molar-refractivity contribution in [1.29, 1.82) is 0 Å². The number of hydrogen-bond donors (Lipinski definition) is 2. The zero-order valence-electron chi connectivity index (χ0n) is 11.5. The molecule has 0 aromatic rings. The Bertz CT molecular complexity index is 418. The molecule has 0 radical (unpaired) electrons. The molecule has 0 aromatic carbocycles. The van der Waals surface area contributed by atoms with E-state index in [1.165, 1.54) is 0 Å². The van der Waals surface area contributed by atoms with Gasteiger partial charge in [-0.3, -0.25) is 4.79 Å². The Morgan fingerprint density at radius 1 is 1.21 bits per heavy atom. The van der Waals surface area contributed by atoms with E-state index in [1.54, 1.807) is 0 Å². The number of aliphatic hydroxyl groups excluding tert-OH is 2. The summed E-state index contributed by atoms with van der Waals surface area (Å²) in [5.74, 6) is -0.304. The van der Waals surface area contributed by atoms with E-state index in [1.807, 2.05) is 13.8 Å². The van der Waals surface area contributed by atoms with Gasteiger partial charge in [0, 0.05) is 11.8 Å². The van der Waals surface area contributed by atoms with Crippen molar-refractivity contribution in [1.82, 2.24) is 0 Å². The van der Waals surface area contributed by atoms with E-state index in [9.17, 15) is 15.0 Å². The predicted molar refractivity (Wildman–Crippen MR) is 69.1 cm³/mol. The second-order valence-corrected chi connectivity index (χ2v) is 6.54. The number of esters is 1. The molecule has 4 nitrogen and oxygen atoms in total. The molecule has 106 valence electrons. The third-order valence-corrected chi connectivity index (χ3v) is 5.57. The smallest absolute Gasteiger partial charge is 0.309 e. The lowest BCUT2D eigenvalue weighted by atomic mass is 9.77. The topological polar surface area (TPSA) is 66.8 Å². The highest BCUT2D eigenvalue weighted by atomic mass is 16.6. The number of carbonyl (C=O) groups is 1. The van der Waals surface area contributed by atoms with Gasteiger partial charge < -0.3 is 14.9 Å². The first-order valence-electron chi connectivity index (χ1n) is 7.16. The molecule has 4 heteroatoms. The lowest BCUT2D eigenvalue weighted by molar-refractivity contribution is -0.146. The van der Waals surface area contributed by atoms with Crippen LogP contribution in [0.3, 0.4) is 0 Å². The van der Waals surface area contributed by atoms with Gasteiger partial charge in [-0.15, -0.1) is 0 Å². The monoisotopic (exact) mass is 266 g/mol. The van der Waals surface area contributed by atoms with E-state index < -0.39 is 6.10 Å². The van der Waals surface area contributed by atoms with Crippen LogP contribution in [0.1, 0.15) is 26.7 Å². The average molecular weight is 266 g/mol. The lowest BCUT2D eigenvalue weighted by Gasteiger charge is -2.30. The van der Waals surface area contributed by atoms with Crippen LogP contribution in [0.25, 0.3) is 0 Å². The molecule has 2 N–H and O–H groups in total. The Morgan fingerprint density at radius 2 is 1.89 bits per heavy atom. The number of fused-ring (bicyclic) bond motifs is 3. The largest absolute Gasteiger partial charge is 0.461 e. The molecule has 1 aliphatic heterocycles. The molecule has 3 aliphatic rings. The average Bonchev–Trinajstić information content (AvgIpc) is 2.75. The number of ether oxygens (including phenoxy) is 1. The highest BCUT2D eigenvalue weighted by Gasteiger charge is 2.57. The zero-order valence-corrected chi connectivity index (χ0v) is 11.5. The van der Waals surface area contributed by atoms with Gasteiger partial charge >= 0.3 is 5.97 Å². The quantitative estimate of drug-likeness (QED) is 0.509. The van der Waals surface area contributed by atoms with E-state index in [2.05, 4.69) is 6.58 Å². The van der Waals surface area contributed by atoms with Crippen LogP contribution in [0, 0.1) is 29.6 Å². The summed E-state index contributed by atoms with van der Waals surface area (Å²) in [6, 6.07) is 0. The summed E-state index contributed by atoms with van der Waals surface area (Å²) in [6.07, 6.45) is -0.00463. The van der Waals surface area contributed by atoms with Crippen LogP contribution < -0.4 is 0 Å². The van der Waals surface area contributed by atoms with Crippen molar-refractivity contribution in [2.24, 2.45) is 29.6 Å². The van der Waals surface area contributed by atoms with E-state index in [0.29, 0.717) is 12.8 Å². The molecule has 0 unspecified atom stereocenters. The summed E-state index contributed by atoms with van der Waals surface area (Å²) in [4.78, 5) is 11.8. The molecule has 2 saturated carbocycles. The van der Waals surface area contributed by atoms with Crippen LogP contribution in [0.4, 0.5) is 0 Å². The fourth-order valence-electron chi connectivity index (χ4n) is 4.43. The molecule has 2 aliphatic carbocycles. The number of aliphatic hydroxyl groups is 2. The summed E-state index contributed by atoms with van der Waals surface area (Å²) >= 11 is 0. The second kappa shape index (κ2) is 4.32. The van der Waals surface area contributed by atoms with E-state index >= 15 is 0 Å². The van der Waals surface area contributed by atoms with E-state index in [-0.39, 0.29) is 47.8 Å². The van der Waals surface area contributed by atoms with Crippen LogP contribution >= 0.6 is 0 Å². The molecule has 0 amide bonds. The standard InChI is InChI=1S/C15H22O4/c1-6-4-11(17)13-8(3)15(18)19-14(13)12-7(2)10(16)5-9(6)12/h7-14,16-17H,1,4-5H2,2-3H3/t7-,8+,9-,10-,11+,12-,13+,14+/m0/s1. The molecule has 0 spiro atoms. The number of rotatable bonds is 0. The van der Waals surface area contributed by atoms with Crippen molar-refractivity contribution >= 4 is 5.97 Å². The van der Waals surface area contributed by atoms with Crippen LogP contribution in [0.5, 0.6) is 0 Å². The second-order valence-electron chi connectivity index (χ2n) is 6.54. The maximum Gasteiger partial charge on any atom is 0.309 e. The van der Waals surface area contributed by atoms with Gasteiger partial charge in [0.1, 0.15) is 6.10 Å². The predicted octanol–water partition coefficient (Wildman–Crippen LogP) is 1.12. The van der Waals surface area contributed by atoms with Crippen molar-refractivity contribution in [3.63, 3.8) is 0 Å². The first kappa shape index (κ1) is 13.1. The van der Waals surface area contributed by atoms with Gasteiger partial charge in [0.25, 0.3) is 0 Å². The Hall–Kier alpha value is -0.870. The molecule has 1 saturated heterocycles. The van der Waals surface area contributed by atoms with E-state index in [4.69, 9.17) is 4.74 Å². The maximum absolute atomic E-state index is 11.8. The third-order valence-electron chi connectivity index (χ3n) is 5.57. The van der Waals surface area contributed by atoms with Gasteiger partial charge in [0.15, 0.2) is 0 Å². The highest BCUT2D eigenvalue weighted by Crippen LogP contribution is 2.52. The first-order valence-corrected chi connectivity index (χ1v) is 7.16. The maximum atomic E-state index is 11.8. The van der Waals surface area contributed by atoms with Crippen molar-refractivity contribution in [3.05, 3.63) is 12.2 Å². The van der Waals surface area contributed by atoms with Gasteiger partial charge in [-0.25, -0.2) is 0 Å². The molecular formula is C15H22O4. The third kappa shape index (κ3) is 1.77. The fourth-order valence-corrected chi connectivity index (χ4v) is 4.43.